The van der Waals surface area contributed by atoms with E-state index in [4.69, 9.17) is 0 Å². The summed E-state index contributed by atoms with van der Waals surface area (Å²) in [6.45, 7) is 1.91. The number of hydrogen-bond acceptors (Lipinski definition) is 2. The summed E-state index contributed by atoms with van der Waals surface area (Å²) in [4.78, 5) is 4.56. The third kappa shape index (κ3) is 2.54. The van der Waals surface area contributed by atoms with Crippen LogP contribution in [0.15, 0.2) is 66.9 Å². The second-order valence-electron chi connectivity index (χ2n) is 7.20. The maximum absolute atomic E-state index is 9.36. The number of hydrogen-bond donors (Lipinski definition) is 0. The largest absolute Gasteiger partial charge is 0.310 e. The van der Waals surface area contributed by atoms with Crippen molar-refractivity contribution in [3.05, 3.63) is 89.3 Å². The predicted molar refractivity (Wildman–Crippen MR) is 113 cm³/mol. The molecule has 1 aliphatic rings. The Bertz CT molecular complexity index is 1290. The molecule has 0 saturated carbocycles. The standard InChI is InChI=1S/C25H19N3/c1-17-16-27-23(14-19(17)15-26)18-7-6-8-20(13-18)28-24-11-4-2-9-21(24)22-10-3-5-12-25(22)28/h2,4-9,11-14,16H,3,10H2,1H3. The highest BCUT2D eigenvalue weighted by molar-refractivity contribution is 5.90. The topological polar surface area (TPSA) is 41.6 Å². The van der Waals surface area contributed by atoms with E-state index in [-0.39, 0.29) is 0 Å². The van der Waals surface area contributed by atoms with E-state index >= 15 is 0 Å². The second kappa shape index (κ2) is 6.51. The first-order valence-electron chi connectivity index (χ1n) is 9.52. The molecule has 4 aromatic rings. The lowest BCUT2D eigenvalue weighted by Gasteiger charge is -2.13. The van der Waals surface area contributed by atoms with E-state index in [1.165, 1.54) is 22.2 Å². The van der Waals surface area contributed by atoms with Crippen LogP contribution in [0.3, 0.4) is 0 Å². The summed E-state index contributed by atoms with van der Waals surface area (Å²) < 4.78 is 2.34. The van der Waals surface area contributed by atoms with Crippen LogP contribution in [-0.2, 0) is 6.42 Å². The Labute approximate surface area is 164 Å². The van der Waals surface area contributed by atoms with Gasteiger partial charge in [-0.1, -0.05) is 36.4 Å². The van der Waals surface area contributed by atoms with Crippen LogP contribution in [0.2, 0.25) is 0 Å². The first kappa shape index (κ1) is 16.5. The summed E-state index contributed by atoms with van der Waals surface area (Å²) in [7, 11) is 0. The zero-order chi connectivity index (χ0) is 19.1. The van der Waals surface area contributed by atoms with E-state index in [2.05, 4.69) is 76.3 Å². The van der Waals surface area contributed by atoms with Crippen LogP contribution in [-0.4, -0.2) is 9.55 Å². The maximum atomic E-state index is 9.36. The molecule has 0 atom stereocenters. The molecule has 0 N–H and O–H groups in total. The minimum atomic E-state index is 0.669. The van der Waals surface area contributed by atoms with Crippen LogP contribution in [0.5, 0.6) is 0 Å². The van der Waals surface area contributed by atoms with E-state index in [1.807, 2.05) is 13.0 Å². The number of allylic oxidation sites excluding steroid dienone is 1. The van der Waals surface area contributed by atoms with Crippen molar-refractivity contribution < 1.29 is 0 Å². The van der Waals surface area contributed by atoms with Gasteiger partial charge in [0.1, 0.15) is 0 Å². The molecule has 28 heavy (non-hydrogen) atoms. The number of rotatable bonds is 2. The van der Waals surface area contributed by atoms with Crippen molar-refractivity contribution in [2.24, 2.45) is 0 Å². The number of nitrogens with zero attached hydrogens (tertiary/aromatic N) is 3. The number of aromatic nitrogens is 2. The fourth-order valence-corrected chi connectivity index (χ4v) is 4.07. The number of pyridine rings is 1. The fourth-order valence-electron chi connectivity index (χ4n) is 4.07. The maximum Gasteiger partial charge on any atom is 0.0995 e. The lowest BCUT2D eigenvalue weighted by Crippen LogP contribution is -2.00. The lowest BCUT2D eigenvalue weighted by atomic mass is 10.0. The van der Waals surface area contributed by atoms with Crippen LogP contribution in [0.25, 0.3) is 33.9 Å². The molecule has 1 aliphatic carbocycles. The minimum Gasteiger partial charge on any atom is -0.310 e. The van der Waals surface area contributed by atoms with Gasteiger partial charge < -0.3 is 4.57 Å². The number of benzene rings is 2. The highest BCUT2D eigenvalue weighted by atomic mass is 15.0. The summed E-state index contributed by atoms with van der Waals surface area (Å²) in [6.07, 6.45) is 8.43. The summed E-state index contributed by atoms with van der Waals surface area (Å²) in [5.74, 6) is 0. The Balaban J connectivity index is 1.72. The molecular formula is C25H19N3. The van der Waals surface area contributed by atoms with Gasteiger partial charge in [0.15, 0.2) is 0 Å². The lowest BCUT2D eigenvalue weighted by molar-refractivity contribution is 0.967. The van der Waals surface area contributed by atoms with Crippen molar-refractivity contribution >= 4 is 17.0 Å². The van der Waals surface area contributed by atoms with E-state index in [1.54, 1.807) is 6.20 Å². The summed E-state index contributed by atoms with van der Waals surface area (Å²) in [6, 6.07) is 21.2. The van der Waals surface area contributed by atoms with Gasteiger partial charge in [-0.3, -0.25) is 4.98 Å². The molecule has 0 bridgehead atoms. The van der Waals surface area contributed by atoms with Crippen LogP contribution < -0.4 is 0 Å². The summed E-state index contributed by atoms with van der Waals surface area (Å²) in [5.41, 5.74) is 8.43. The van der Waals surface area contributed by atoms with Gasteiger partial charge in [0, 0.05) is 28.5 Å². The number of para-hydroxylation sites is 1. The van der Waals surface area contributed by atoms with Crippen molar-refractivity contribution in [3.8, 4) is 23.0 Å². The number of fused-ring (bicyclic) bond motifs is 3. The fraction of sp³-hybridized carbons (Fsp3) is 0.120. The van der Waals surface area contributed by atoms with Gasteiger partial charge in [0.25, 0.3) is 0 Å². The molecule has 0 aliphatic heterocycles. The SMILES string of the molecule is Cc1cnc(-c2cccc(-n3c4c(c5ccccc53)CCC=C4)c2)cc1C#N. The molecule has 0 unspecified atom stereocenters. The van der Waals surface area contributed by atoms with Gasteiger partial charge in [0.05, 0.1) is 22.8 Å². The van der Waals surface area contributed by atoms with Crippen LogP contribution in [0.1, 0.15) is 28.8 Å². The zero-order valence-electron chi connectivity index (χ0n) is 15.7. The molecule has 5 rings (SSSR count). The van der Waals surface area contributed by atoms with Gasteiger partial charge in [0.2, 0.25) is 0 Å². The molecule has 134 valence electrons. The molecule has 0 amide bonds. The Hall–Kier alpha value is -3.64. The monoisotopic (exact) mass is 361 g/mol. The molecule has 2 heterocycles. The van der Waals surface area contributed by atoms with Gasteiger partial charge in [-0.15, -0.1) is 0 Å². The molecule has 0 fully saturated rings. The van der Waals surface area contributed by atoms with E-state index in [0.717, 1.165) is 35.3 Å². The van der Waals surface area contributed by atoms with Crippen LogP contribution in [0.4, 0.5) is 0 Å². The van der Waals surface area contributed by atoms with E-state index < -0.39 is 0 Å². The molecule has 3 nitrogen and oxygen atoms in total. The van der Waals surface area contributed by atoms with Crippen LogP contribution in [0, 0.1) is 18.3 Å². The van der Waals surface area contributed by atoms with Crippen molar-refractivity contribution in [1.82, 2.24) is 9.55 Å². The smallest absolute Gasteiger partial charge is 0.0995 e. The molecule has 2 aromatic carbocycles. The van der Waals surface area contributed by atoms with Gasteiger partial charge in [-0.25, -0.2) is 0 Å². The quantitative estimate of drug-likeness (QED) is 0.450. The van der Waals surface area contributed by atoms with E-state index in [0.29, 0.717) is 5.56 Å². The minimum absolute atomic E-state index is 0.669. The van der Waals surface area contributed by atoms with Crippen molar-refractivity contribution in [2.45, 2.75) is 19.8 Å². The third-order valence-corrected chi connectivity index (χ3v) is 5.48. The first-order valence-corrected chi connectivity index (χ1v) is 9.52. The number of aryl methyl sites for hydroxylation is 2. The molecule has 3 heteroatoms. The number of nitriles is 1. The first-order chi connectivity index (χ1) is 13.8. The Kier molecular flexibility index (Phi) is 3.84. The Morgan fingerprint density at radius 2 is 1.96 bits per heavy atom. The van der Waals surface area contributed by atoms with Gasteiger partial charge in [-0.05, 0) is 61.2 Å². The van der Waals surface area contributed by atoms with Crippen molar-refractivity contribution in [2.75, 3.05) is 0 Å². The van der Waals surface area contributed by atoms with Crippen LogP contribution >= 0.6 is 0 Å². The van der Waals surface area contributed by atoms with E-state index in [9.17, 15) is 5.26 Å². The third-order valence-electron chi connectivity index (χ3n) is 5.48. The average molecular weight is 361 g/mol. The van der Waals surface area contributed by atoms with Crippen molar-refractivity contribution in [1.29, 1.82) is 5.26 Å². The molecular weight excluding hydrogens is 342 g/mol. The van der Waals surface area contributed by atoms with Gasteiger partial charge in [-0.2, -0.15) is 5.26 Å². The van der Waals surface area contributed by atoms with Crippen molar-refractivity contribution in [3.63, 3.8) is 0 Å². The molecule has 0 spiro atoms. The highest BCUT2D eigenvalue weighted by Gasteiger charge is 2.18. The average Bonchev–Trinajstić information content (AvgIpc) is 3.09. The highest BCUT2D eigenvalue weighted by Crippen LogP contribution is 2.34. The zero-order valence-corrected chi connectivity index (χ0v) is 15.7. The normalized spacial score (nSPS) is 12.7. The molecule has 2 aromatic heterocycles. The summed E-state index contributed by atoms with van der Waals surface area (Å²) >= 11 is 0. The Morgan fingerprint density at radius 3 is 2.86 bits per heavy atom. The summed E-state index contributed by atoms with van der Waals surface area (Å²) in [5, 5.41) is 10.7. The predicted octanol–water partition coefficient (Wildman–Crippen LogP) is 5.83. The Morgan fingerprint density at radius 1 is 1.07 bits per heavy atom. The molecule has 0 radical (unpaired) electrons. The second-order valence-corrected chi connectivity index (χ2v) is 7.20. The van der Waals surface area contributed by atoms with Gasteiger partial charge >= 0.3 is 0 Å². The molecule has 0 saturated heterocycles.